The van der Waals surface area contributed by atoms with Crippen molar-refractivity contribution in [2.45, 2.75) is 0 Å². The van der Waals surface area contributed by atoms with Crippen LogP contribution in [0.15, 0.2) is 18.3 Å². The molecule has 16 heavy (non-hydrogen) atoms. The second-order valence-electron chi connectivity index (χ2n) is 4.62. The highest BCUT2D eigenvalue weighted by molar-refractivity contribution is 5.86. The number of nitrogen functional groups attached to an aromatic ring is 1. The third-order valence-electron chi connectivity index (χ3n) is 2.55. The Bertz CT molecular complexity index is 524. The second-order valence-corrected chi connectivity index (χ2v) is 4.62. The molecule has 86 valence electrons. The van der Waals surface area contributed by atoms with Gasteiger partial charge in [0.25, 0.3) is 5.88 Å². The van der Waals surface area contributed by atoms with Crippen molar-refractivity contribution in [3.63, 3.8) is 0 Å². The normalized spacial score (nSPS) is 12.0. The smallest absolute Gasteiger partial charge is 0.257 e. The van der Waals surface area contributed by atoms with Gasteiger partial charge in [-0.1, -0.05) is 0 Å². The molecule has 0 saturated carbocycles. The van der Waals surface area contributed by atoms with Crippen LogP contribution in [0.5, 0.6) is 5.88 Å². The van der Waals surface area contributed by atoms with Crippen molar-refractivity contribution in [1.82, 2.24) is 14.1 Å². The van der Waals surface area contributed by atoms with Gasteiger partial charge in [-0.15, -0.1) is 5.10 Å². The van der Waals surface area contributed by atoms with Crippen LogP contribution in [0.1, 0.15) is 0 Å². The molecule has 0 fully saturated rings. The lowest BCUT2D eigenvalue weighted by Crippen LogP contribution is -2.35. The summed E-state index contributed by atoms with van der Waals surface area (Å²) in [6, 6.07) is 4.00. The molecule has 2 aromatic rings. The Morgan fingerprint density at radius 3 is 2.62 bits per heavy atom. The van der Waals surface area contributed by atoms with E-state index in [0.29, 0.717) is 16.1 Å². The third-order valence-corrected chi connectivity index (χ3v) is 2.55. The monoisotopic (exact) mass is 221 g/mol. The van der Waals surface area contributed by atoms with Gasteiger partial charge >= 0.3 is 0 Å². The zero-order valence-electron chi connectivity index (χ0n) is 10.1. The molecule has 0 saturated heterocycles. The molecular formula is C11H17N4O+. The number of hydrogen-bond donors (Lipinski definition) is 1. The van der Waals surface area contributed by atoms with Crippen molar-refractivity contribution in [2.24, 2.45) is 0 Å². The van der Waals surface area contributed by atoms with Gasteiger partial charge in [-0.3, -0.25) is 4.48 Å². The first kappa shape index (κ1) is 10.8. The topological polar surface area (TPSA) is 52.5 Å². The summed E-state index contributed by atoms with van der Waals surface area (Å²) >= 11 is 0. The average molecular weight is 221 g/mol. The number of fused-ring (bicyclic) bond motifs is 1. The quantitative estimate of drug-likeness (QED) is 0.773. The van der Waals surface area contributed by atoms with Crippen LogP contribution in [-0.4, -0.2) is 37.9 Å². The Labute approximate surface area is 94.6 Å². The van der Waals surface area contributed by atoms with Crippen LogP contribution in [0.25, 0.3) is 5.52 Å². The zero-order chi connectivity index (χ0) is 11.9. The van der Waals surface area contributed by atoms with E-state index < -0.39 is 0 Å². The number of hydrogen-bond acceptors (Lipinski definition) is 3. The Morgan fingerprint density at radius 2 is 2.06 bits per heavy atom. The largest absolute Gasteiger partial charge is 0.478 e. The van der Waals surface area contributed by atoms with Gasteiger partial charge in [-0.05, 0) is 6.07 Å². The van der Waals surface area contributed by atoms with Crippen molar-refractivity contribution in [2.75, 3.05) is 34.0 Å². The number of rotatable bonds is 2. The van der Waals surface area contributed by atoms with Crippen molar-refractivity contribution in [3.8, 4) is 5.88 Å². The van der Waals surface area contributed by atoms with E-state index in [-0.39, 0.29) is 0 Å². The predicted molar refractivity (Wildman–Crippen MR) is 65.7 cm³/mol. The molecule has 0 aliphatic heterocycles. The van der Waals surface area contributed by atoms with Gasteiger partial charge in [-0.2, -0.15) is 0 Å². The van der Waals surface area contributed by atoms with E-state index in [9.17, 15) is 0 Å². The highest BCUT2D eigenvalue weighted by Crippen LogP contribution is 2.33. The maximum Gasteiger partial charge on any atom is 0.257 e. The molecule has 2 rings (SSSR count). The molecular weight excluding hydrogens is 204 g/mol. The molecule has 2 aromatic heterocycles. The fourth-order valence-corrected chi connectivity index (χ4v) is 1.78. The summed E-state index contributed by atoms with van der Waals surface area (Å²) in [5.74, 6) is 0.473. The maximum atomic E-state index is 6.03. The Balaban J connectivity index is 2.81. The van der Waals surface area contributed by atoms with Crippen molar-refractivity contribution in [1.29, 1.82) is 0 Å². The molecule has 0 aliphatic carbocycles. The minimum atomic E-state index is 0.473. The summed E-state index contributed by atoms with van der Waals surface area (Å²) in [6.45, 7) is 0. The van der Waals surface area contributed by atoms with Crippen molar-refractivity contribution in [3.05, 3.63) is 18.3 Å². The number of methoxy groups -OCH3 is 1. The van der Waals surface area contributed by atoms with Gasteiger partial charge < -0.3 is 10.5 Å². The first-order valence-corrected chi connectivity index (χ1v) is 5.08. The third kappa shape index (κ3) is 1.49. The molecule has 0 aromatic carbocycles. The number of anilines is 1. The number of aromatic nitrogens is 2. The van der Waals surface area contributed by atoms with E-state index in [2.05, 4.69) is 26.2 Å². The van der Waals surface area contributed by atoms with E-state index in [0.717, 1.165) is 11.2 Å². The SMILES string of the molecule is COc1nn2cccc([N+](C)(C)C)c2c1N. The number of nitrogens with two attached hydrogens (primary N) is 1. The molecule has 0 bridgehead atoms. The van der Waals surface area contributed by atoms with Crippen molar-refractivity contribution >= 4 is 16.9 Å². The predicted octanol–water partition coefficient (Wildman–Crippen LogP) is 1.12. The minimum absolute atomic E-state index is 0.473. The Hall–Kier alpha value is -1.75. The molecule has 5 heteroatoms. The second kappa shape index (κ2) is 3.38. The first-order chi connectivity index (χ1) is 7.45. The van der Waals surface area contributed by atoms with E-state index in [1.807, 2.05) is 18.3 Å². The maximum absolute atomic E-state index is 6.03. The number of nitrogens with zero attached hydrogens (tertiary/aromatic N) is 3. The molecule has 0 radical (unpaired) electrons. The number of quaternary nitrogens is 1. The summed E-state index contributed by atoms with van der Waals surface area (Å²) in [7, 11) is 7.85. The van der Waals surface area contributed by atoms with Gasteiger partial charge in [0.1, 0.15) is 5.69 Å². The number of pyridine rings is 1. The molecule has 0 atom stereocenters. The molecule has 0 aliphatic rings. The molecule has 0 amide bonds. The highest BCUT2D eigenvalue weighted by atomic mass is 16.5. The lowest BCUT2D eigenvalue weighted by molar-refractivity contribution is 0.397. The molecule has 2 heterocycles. The van der Waals surface area contributed by atoms with Gasteiger partial charge in [-0.25, -0.2) is 4.52 Å². The van der Waals surface area contributed by atoms with Crippen LogP contribution in [-0.2, 0) is 0 Å². The van der Waals surface area contributed by atoms with E-state index in [1.165, 1.54) is 0 Å². The van der Waals surface area contributed by atoms with Gasteiger partial charge in [0, 0.05) is 12.3 Å². The first-order valence-electron chi connectivity index (χ1n) is 5.08. The van der Waals surface area contributed by atoms with Crippen LogP contribution >= 0.6 is 0 Å². The lowest BCUT2D eigenvalue weighted by Gasteiger charge is -2.23. The Kier molecular flexibility index (Phi) is 2.27. The van der Waals surface area contributed by atoms with Gasteiger partial charge in [0.05, 0.1) is 28.3 Å². The van der Waals surface area contributed by atoms with E-state index in [1.54, 1.807) is 11.6 Å². The molecule has 2 N–H and O–H groups in total. The van der Waals surface area contributed by atoms with Crippen LogP contribution in [0, 0.1) is 0 Å². The van der Waals surface area contributed by atoms with Crippen LogP contribution < -0.4 is 15.0 Å². The molecule has 0 unspecified atom stereocenters. The van der Waals surface area contributed by atoms with Crippen LogP contribution in [0.2, 0.25) is 0 Å². The van der Waals surface area contributed by atoms with E-state index >= 15 is 0 Å². The fourth-order valence-electron chi connectivity index (χ4n) is 1.78. The molecule has 0 spiro atoms. The Morgan fingerprint density at radius 1 is 1.38 bits per heavy atom. The zero-order valence-corrected chi connectivity index (χ0v) is 10.1. The van der Waals surface area contributed by atoms with Gasteiger partial charge in [0.15, 0.2) is 11.2 Å². The van der Waals surface area contributed by atoms with E-state index in [4.69, 9.17) is 10.5 Å². The summed E-state index contributed by atoms with van der Waals surface area (Å²) in [4.78, 5) is 0. The fraction of sp³-hybridized carbons (Fsp3) is 0.364. The minimum Gasteiger partial charge on any atom is -0.478 e. The summed E-state index contributed by atoms with van der Waals surface area (Å²) in [5, 5.41) is 4.26. The summed E-state index contributed by atoms with van der Waals surface area (Å²) < 4.78 is 7.57. The molecule has 5 nitrogen and oxygen atoms in total. The summed E-state index contributed by atoms with van der Waals surface area (Å²) in [6.07, 6.45) is 1.87. The number of ether oxygens (including phenoxy) is 1. The van der Waals surface area contributed by atoms with Crippen LogP contribution in [0.4, 0.5) is 11.4 Å². The standard InChI is InChI=1S/C11H17N4O/c1-15(2,3)8-6-5-7-14-10(8)9(12)11(13-14)16-4/h5-7H,12H2,1-4H3/q+1. The van der Waals surface area contributed by atoms with Gasteiger partial charge in [0.2, 0.25) is 0 Å². The highest BCUT2D eigenvalue weighted by Gasteiger charge is 2.22. The average Bonchev–Trinajstić information content (AvgIpc) is 2.54. The van der Waals surface area contributed by atoms with Crippen molar-refractivity contribution < 1.29 is 4.74 Å². The summed E-state index contributed by atoms with van der Waals surface area (Å²) in [5.41, 5.74) is 8.63. The van der Waals surface area contributed by atoms with Crippen LogP contribution in [0.3, 0.4) is 0 Å². The lowest BCUT2D eigenvalue weighted by atomic mass is 10.2.